The smallest absolute Gasteiger partial charge is 0.240 e. The highest BCUT2D eigenvalue weighted by Gasteiger charge is 2.24. The van der Waals surface area contributed by atoms with E-state index in [1.165, 1.54) is 0 Å². The number of amides is 1. The highest BCUT2D eigenvalue weighted by atomic mass is 16.3. The molecule has 5 heteroatoms. The molecule has 5 nitrogen and oxygen atoms in total. The molecule has 1 aromatic heterocycles. The molecule has 0 aromatic carbocycles. The average Bonchev–Trinajstić information content (AvgIpc) is 2.77. The van der Waals surface area contributed by atoms with Crippen LogP contribution in [0.3, 0.4) is 0 Å². The Kier molecular flexibility index (Phi) is 6.23. The van der Waals surface area contributed by atoms with Crippen molar-refractivity contribution in [2.45, 2.75) is 33.4 Å². The van der Waals surface area contributed by atoms with E-state index in [0.29, 0.717) is 13.1 Å². The molecule has 0 fully saturated rings. The number of furan rings is 1. The van der Waals surface area contributed by atoms with Crippen LogP contribution in [-0.2, 0) is 11.3 Å². The fourth-order valence-corrected chi connectivity index (χ4v) is 1.84. The second-order valence-corrected chi connectivity index (χ2v) is 5.85. The molecule has 1 rings (SSSR count). The molecule has 1 aromatic rings. The number of carbonyl (C=O) groups is 1. The van der Waals surface area contributed by atoms with Gasteiger partial charge in [0, 0.05) is 13.1 Å². The maximum atomic E-state index is 12.4. The van der Waals surface area contributed by atoms with Crippen LogP contribution in [0.5, 0.6) is 0 Å². The van der Waals surface area contributed by atoms with E-state index in [1.54, 1.807) is 4.90 Å². The van der Waals surface area contributed by atoms with E-state index in [9.17, 15) is 4.79 Å². The molecule has 0 saturated heterocycles. The molecule has 1 atom stereocenters. The quantitative estimate of drug-likeness (QED) is 0.822. The van der Waals surface area contributed by atoms with Crippen molar-refractivity contribution in [3.63, 3.8) is 0 Å². The molecular formula is C15H27N3O2. The SMILES string of the molecule is Cc1ccc(CN(CCN(C)C)C(=O)C(N)C(C)C)o1. The Labute approximate surface area is 121 Å². The first-order chi connectivity index (χ1) is 9.31. The number of likely N-dealkylation sites (N-methyl/N-ethyl adjacent to an activating group) is 1. The Balaban J connectivity index is 2.76. The molecule has 1 unspecified atom stereocenters. The molecule has 0 bridgehead atoms. The third kappa shape index (κ3) is 4.98. The summed E-state index contributed by atoms with van der Waals surface area (Å²) in [5.41, 5.74) is 5.99. The molecule has 0 aliphatic heterocycles. The van der Waals surface area contributed by atoms with Crippen LogP contribution >= 0.6 is 0 Å². The highest BCUT2D eigenvalue weighted by molar-refractivity contribution is 5.81. The summed E-state index contributed by atoms with van der Waals surface area (Å²) < 4.78 is 5.56. The first-order valence-corrected chi connectivity index (χ1v) is 7.05. The third-order valence-corrected chi connectivity index (χ3v) is 3.27. The van der Waals surface area contributed by atoms with Gasteiger partial charge in [0.05, 0.1) is 12.6 Å². The molecule has 0 radical (unpaired) electrons. The van der Waals surface area contributed by atoms with Crippen LogP contribution in [-0.4, -0.2) is 48.9 Å². The van der Waals surface area contributed by atoms with E-state index in [0.717, 1.165) is 18.1 Å². The summed E-state index contributed by atoms with van der Waals surface area (Å²) >= 11 is 0. The number of nitrogens with two attached hydrogens (primary N) is 1. The van der Waals surface area contributed by atoms with Gasteiger partial charge < -0.3 is 20.0 Å². The van der Waals surface area contributed by atoms with E-state index in [-0.39, 0.29) is 11.8 Å². The largest absolute Gasteiger partial charge is 0.464 e. The van der Waals surface area contributed by atoms with Crippen LogP contribution in [0.4, 0.5) is 0 Å². The van der Waals surface area contributed by atoms with E-state index < -0.39 is 6.04 Å². The van der Waals surface area contributed by atoms with Crippen LogP contribution in [0.2, 0.25) is 0 Å². The van der Waals surface area contributed by atoms with E-state index in [2.05, 4.69) is 4.90 Å². The van der Waals surface area contributed by atoms with Gasteiger partial charge in [-0.05, 0) is 39.1 Å². The van der Waals surface area contributed by atoms with Crippen LogP contribution in [0, 0.1) is 12.8 Å². The lowest BCUT2D eigenvalue weighted by atomic mass is 10.0. The Morgan fingerprint density at radius 3 is 2.40 bits per heavy atom. The maximum Gasteiger partial charge on any atom is 0.240 e. The molecule has 0 aliphatic carbocycles. The lowest BCUT2D eigenvalue weighted by Gasteiger charge is -2.27. The van der Waals surface area contributed by atoms with Crippen molar-refractivity contribution < 1.29 is 9.21 Å². The Morgan fingerprint density at radius 2 is 1.95 bits per heavy atom. The van der Waals surface area contributed by atoms with Crippen molar-refractivity contribution in [1.29, 1.82) is 0 Å². The molecule has 1 heterocycles. The summed E-state index contributed by atoms with van der Waals surface area (Å²) in [5, 5.41) is 0. The van der Waals surface area contributed by atoms with Crippen molar-refractivity contribution in [1.82, 2.24) is 9.80 Å². The number of rotatable bonds is 7. The first kappa shape index (κ1) is 16.7. The van der Waals surface area contributed by atoms with Crippen LogP contribution < -0.4 is 5.73 Å². The molecule has 20 heavy (non-hydrogen) atoms. The van der Waals surface area contributed by atoms with Crippen LogP contribution in [0.25, 0.3) is 0 Å². The number of aryl methyl sites for hydroxylation is 1. The molecule has 0 saturated carbocycles. The van der Waals surface area contributed by atoms with Crippen molar-refractivity contribution in [3.8, 4) is 0 Å². The monoisotopic (exact) mass is 281 g/mol. The summed E-state index contributed by atoms with van der Waals surface area (Å²) in [7, 11) is 3.98. The Morgan fingerprint density at radius 1 is 1.30 bits per heavy atom. The predicted octanol–water partition coefficient (Wildman–Crippen LogP) is 1.46. The zero-order valence-electron chi connectivity index (χ0n) is 13.2. The first-order valence-electron chi connectivity index (χ1n) is 7.05. The Hall–Kier alpha value is -1.33. The molecular weight excluding hydrogens is 254 g/mol. The average molecular weight is 281 g/mol. The number of hydrogen-bond acceptors (Lipinski definition) is 4. The number of carbonyl (C=O) groups excluding carboxylic acids is 1. The van der Waals surface area contributed by atoms with Gasteiger partial charge in [-0.15, -0.1) is 0 Å². The summed E-state index contributed by atoms with van der Waals surface area (Å²) in [6.07, 6.45) is 0. The number of nitrogens with zero attached hydrogens (tertiary/aromatic N) is 2. The van der Waals surface area contributed by atoms with Crippen LogP contribution in [0.1, 0.15) is 25.4 Å². The zero-order valence-corrected chi connectivity index (χ0v) is 13.2. The lowest BCUT2D eigenvalue weighted by molar-refractivity contribution is -0.134. The fourth-order valence-electron chi connectivity index (χ4n) is 1.84. The number of hydrogen-bond donors (Lipinski definition) is 1. The van der Waals surface area contributed by atoms with Crippen molar-refractivity contribution in [3.05, 3.63) is 23.7 Å². The summed E-state index contributed by atoms with van der Waals surface area (Å²) in [6, 6.07) is 3.35. The molecule has 0 spiro atoms. The van der Waals surface area contributed by atoms with Gasteiger partial charge in [-0.3, -0.25) is 4.79 Å². The van der Waals surface area contributed by atoms with Gasteiger partial charge in [-0.2, -0.15) is 0 Å². The minimum atomic E-state index is -0.465. The predicted molar refractivity (Wildman–Crippen MR) is 80.2 cm³/mol. The molecule has 1 amide bonds. The van der Waals surface area contributed by atoms with Crippen molar-refractivity contribution >= 4 is 5.91 Å². The zero-order chi connectivity index (χ0) is 15.3. The summed E-state index contributed by atoms with van der Waals surface area (Å²) in [5.74, 6) is 1.76. The molecule has 2 N–H and O–H groups in total. The topological polar surface area (TPSA) is 62.7 Å². The second-order valence-electron chi connectivity index (χ2n) is 5.85. The summed E-state index contributed by atoms with van der Waals surface area (Å²) in [4.78, 5) is 16.3. The van der Waals surface area contributed by atoms with Gasteiger partial charge in [0.25, 0.3) is 0 Å². The minimum absolute atomic E-state index is 0.0177. The van der Waals surface area contributed by atoms with Crippen molar-refractivity contribution in [2.24, 2.45) is 11.7 Å². The van der Waals surface area contributed by atoms with E-state index in [4.69, 9.17) is 10.2 Å². The Bertz CT molecular complexity index is 427. The molecule has 114 valence electrons. The van der Waals surface area contributed by atoms with Gasteiger partial charge >= 0.3 is 0 Å². The van der Waals surface area contributed by atoms with Crippen molar-refractivity contribution in [2.75, 3.05) is 27.2 Å². The fraction of sp³-hybridized carbons (Fsp3) is 0.667. The van der Waals surface area contributed by atoms with Crippen LogP contribution in [0.15, 0.2) is 16.5 Å². The summed E-state index contributed by atoms with van der Waals surface area (Å²) in [6.45, 7) is 7.74. The minimum Gasteiger partial charge on any atom is -0.464 e. The van der Waals surface area contributed by atoms with Gasteiger partial charge in [-0.25, -0.2) is 0 Å². The van der Waals surface area contributed by atoms with Gasteiger partial charge in [0.2, 0.25) is 5.91 Å². The normalized spacial score (nSPS) is 13.0. The maximum absolute atomic E-state index is 12.4. The second kappa shape index (κ2) is 7.45. The van der Waals surface area contributed by atoms with E-state index in [1.807, 2.05) is 47.0 Å². The highest BCUT2D eigenvalue weighted by Crippen LogP contribution is 2.12. The third-order valence-electron chi connectivity index (χ3n) is 3.27. The van der Waals surface area contributed by atoms with Gasteiger partial charge in [0.1, 0.15) is 11.5 Å². The van der Waals surface area contributed by atoms with E-state index >= 15 is 0 Å². The van der Waals surface area contributed by atoms with Gasteiger partial charge in [0.15, 0.2) is 0 Å². The molecule has 0 aliphatic rings. The van der Waals surface area contributed by atoms with Gasteiger partial charge in [-0.1, -0.05) is 13.8 Å². The standard InChI is InChI=1S/C15H27N3O2/c1-11(2)14(16)15(19)18(9-8-17(4)5)10-13-7-6-12(3)20-13/h6-7,11,14H,8-10,16H2,1-5H3. The lowest BCUT2D eigenvalue weighted by Crippen LogP contribution is -2.47.